The van der Waals surface area contributed by atoms with Gasteiger partial charge in [-0.3, -0.25) is 9.59 Å². The lowest BCUT2D eigenvalue weighted by molar-refractivity contribution is -0.133. The molecule has 6 nitrogen and oxygen atoms in total. The predicted molar refractivity (Wildman–Crippen MR) is 112 cm³/mol. The standard InChI is InChI=1S/C22H16ClFN2O4/c1-12-2-3-14(13-4-7-16(24)8-5-13)10-19(12)26-21(28)20(27)25-18-9-6-15(23)11-17(18)22(29)30/h2-11H,1H3,(H,25,27)(H,26,28)(H,29,30). The highest BCUT2D eigenvalue weighted by atomic mass is 35.5. The lowest BCUT2D eigenvalue weighted by atomic mass is 10.0. The molecule has 0 fully saturated rings. The van der Waals surface area contributed by atoms with E-state index in [1.807, 2.05) is 6.07 Å². The van der Waals surface area contributed by atoms with E-state index >= 15 is 0 Å². The molecule has 3 aromatic carbocycles. The zero-order valence-electron chi connectivity index (χ0n) is 15.7. The first-order chi connectivity index (χ1) is 14.2. The van der Waals surface area contributed by atoms with Crippen LogP contribution in [0, 0.1) is 12.7 Å². The highest BCUT2D eigenvalue weighted by molar-refractivity contribution is 6.44. The van der Waals surface area contributed by atoms with Crippen molar-refractivity contribution in [2.75, 3.05) is 10.6 Å². The molecule has 8 heteroatoms. The minimum Gasteiger partial charge on any atom is -0.478 e. The van der Waals surface area contributed by atoms with Gasteiger partial charge in [-0.15, -0.1) is 0 Å². The van der Waals surface area contributed by atoms with Gasteiger partial charge in [0.1, 0.15) is 5.82 Å². The molecular weight excluding hydrogens is 411 g/mol. The molecule has 3 aromatic rings. The molecule has 0 aliphatic rings. The molecule has 3 rings (SSSR count). The first-order valence-corrected chi connectivity index (χ1v) is 9.14. The van der Waals surface area contributed by atoms with Crippen molar-refractivity contribution < 1.29 is 23.9 Å². The number of hydrogen-bond acceptors (Lipinski definition) is 3. The van der Waals surface area contributed by atoms with Gasteiger partial charge < -0.3 is 15.7 Å². The summed E-state index contributed by atoms with van der Waals surface area (Å²) >= 11 is 5.78. The van der Waals surface area contributed by atoms with Gasteiger partial charge in [-0.25, -0.2) is 9.18 Å². The Morgan fingerprint density at radius 3 is 2.07 bits per heavy atom. The van der Waals surface area contributed by atoms with Gasteiger partial charge in [0.2, 0.25) is 0 Å². The van der Waals surface area contributed by atoms with E-state index < -0.39 is 17.8 Å². The topological polar surface area (TPSA) is 95.5 Å². The van der Waals surface area contributed by atoms with Gasteiger partial charge in [0.15, 0.2) is 0 Å². The number of rotatable bonds is 4. The molecule has 0 unspecified atom stereocenters. The molecular formula is C22H16ClFN2O4. The second-order valence-corrected chi connectivity index (χ2v) is 6.88. The molecule has 0 aliphatic heterocycles. The molecule has 0 bridgehead atoms. The molecule has 0 saturated carbocycles. The maximum absolute atomic E-state index is 13.1. The summed E-state index contributed by atoms with van der Waals surface area (Å²) in [4.78, 5) is 36.0. The average Bonchev–Trinajstić information content (AvgIpc) is 2.71. The zero-order valence-corrected chi connectivity index (χ0v) is 16.5. The summed E-state index contributed by atoms with van der Waals surface area (Å²) in [5, 5.41) is 14.2. The van der Waals surface area contributed by atoms with Gasteiger partial charge in [-0.2, -0.15) is 0 Å². The number of hydrogen-bond donors (Lipinski definition) is 3. The lowest BCUT2D eigenvalue weighted by Gasteiger charge is -2.12. The molecule has 0 spiro atoms. The number of carboxylic acids is 1. The predicted octanol–water partition coefficient (Wildman–Crippen LogP) is 4.73. The molecule has 0 aliphatic carbocycles. The van der Waals surface area contributed by atoms with Crippen molar-refractivity contribution in [2.45, 2.75) is 6.92 Å². The molecule has 0 heterocycles. The molecule has 2 amide bonds. The van der Waals surface area contributed by atoms with Crippen molar-refractivity contribution in [3.05, 3.63) is 82.6 Å². The number of halogens is 2. The van der Waals surface area contributed by atoms with E-state index in [2.05, 4.69) is 10.6 Å². The normalized spacial score (nSPS) is 10.4. The summed E-state index contributed by atoms with van der Waals surface area (Å²) in [6.45, 7) is 1.75. The van der Waals surface area contributed by atoms with E-state index in [-0.39, 0.29) is 22.1 Å². The Morgan fingerprint density at radius 2 is 1.43 bits per heavy atom. The van der Waals surface area contributed by atoms with E-state index in [0.717, 1.165) is 11.1 Å². The Balaban J connectivity index is 1.79. The maximum Gasteiger partial charge on any atom is 0.337 e. The van der Waals surface area contributed by atoms with Crippen LogP contribution in [-0.2, 0) is 9.59 Å². The summed E-state index contributed by atoms with van der Waals surface area (Å²) in [6, 6.07) is 15.0. The summed E-state index contributed by atoms with van der Waals surface area (Å²) in [5.41, 5.74) is 2.28. The highest BCUT2D eigenvalue weighted by Crippen LogP contribution is 2.26. The van der Waals surface area contributed by atoms with Gasteiger partial charge in [0, 0.05) is 10.7 Å². The van der Waals surface area contributed by atoms with Gasteiger partial charge in [0.25, 0.3) is 0 Å². The molecule has 0 aromatic heterocycles. The quantitative estimate of drug-likeness (QED) is 0.525. The Morgan fingerprint density at radius 1 is 0.833 bits per heavy atom. The third-order valence-corrected chi connectivity index (χ3v) is 4.56. The molecule has 30 heavy (non-hydrogen) atoms. The van der Waals surface area contributed by atoms with Gasteiger partial charge >= 0.3 is 17.8 Å². The number of aryl methyl sites for hydroxylation is 1. The number of carbonyl (C=O) groups excluding carboxylic acids is 2. The number of amides is 2. The largest absolute Gasteiger partial charge is 0.478 e. The van der Waals surface area contributed by atoms with Crippen LogP contribution in [0.25, 0.3) is 11.1 Å². The van der Waals surface area contributed by atoms with E-state index in [1.165, 1.54) is 30.3 Å². The third-order valence-electron chi connectivity index (χ3n) is 4.33. The third kappa shape index (κ3) is 4.82. The number of nitrogens with one attached hydrogen (secondary N) is 2. The monoisotopic (exact) mass is 426 g/mol. The summed E-state index contributed by atoms with van der Waals surface area (Å²) < 4.78 is 13.1. The van der Waals surface area contributed by atoms with Crippen LogP contribution in [0.2, 0.25) is 5.02 Å². The van der Waals surface area contributed by atoms with Crippen molar-refractivity contribution in [1.82, 2.24) is 0 Å². The number of benzene rings is 3. The van der Waals surface area contributed by atoms with Gasteiger partial charge in [-0.05, 0) is 60.0 Å². The number of aromatic carboxylic acids is 1. The van der Waals surface area contributed by atoms with E-state index in [4.69, 9.17) is 11.6 Å². The van der Waals surface area contributed by atoms with Crippen molar-refractivity contribution in [3.8, 4) is 11.1 Å². The lowest BCUT2D eigenvalue weighted by Crippen LogP contribution is -2.30. The molecule has 152 valence electrons. The van der Waals surface area contributed by atoms with Crippen LogP contribution in [0.5, 0.6) is 0 Å². The molecule has 3 N–H and O–H groups in total. The van der Waals surface area contributed by atoms with Gasteiger partial charge in [0.05, 0.1) is 11.3 Å². The summed E-state index contributed by atoms with van der Waals surface area (Å²) in [7, 11) is 0. The molecule has 0 saturated heterocycles. The van der Waals surface area contributed by atoms with Crippen molar-refractivity contribution in [2.24, 2.45) is 0 Å². The smallest absolute Gasteiger partial charge is 0.337 e. The van der Waals surface area contributed by atoms with Crippen molar-refractivity contribution >= 4 is 40.8 Å². The first kappa shape index (κ1) is 21.0. The SMILES string of the molecule is Cc1ccc(-c2ccc(F)cc2)cc1NC(=O)C(=O)Nc1ccc(Cl)cc1C(=O)O. The van der Waals surface area contributed by atoms with Crippen molar-refractivity contribution in [3.63, 3.8) is 0 Å². The maximum atomic E-state index is 13.1. The van der Waals surface area contributed by atoms with Crippen LogP contribution in [0.4, 0.5) is 15.8 Å². The van der Waals surface area contributed by atoms with Gasteiger partial charge in [-0.1, -0.05) is 35.9 Å². The molecule has 0 radical (unpaired) electrons. The van der Waals surface area contributed by atoms with Crippen LogP contribution in [0.15, 0.2) is 60.7 Å². The fraction of sp³-hybridized carbons (Fsp3) is 0.0455. The molecule has 0 atom stereocenters. The fourth-order valence-electron chi connectivity index (χ4n) is 2.74. The van der Waals surface area contributed by atoms with Crippen LogP contribution in [0.3, 0.4) is 0 Å². The second-order valence-electron chi connectivity index (χ2n) is 6.44. The number of carbonyl (C=O) groups is 3. The fourth-order valence-corrected chi connectivity index (χ4v) is 2.91. The first-order valence-electron chi connectivity index (χ1n) is 8.76. The minimum atomic E-state index is -1.30. The average molecular weight is 427 g/mol. The Labute approximate surface area is 176 Å². The van der Waals surface area contributed by atoms with Crippen LogP contribution in [0.1, 0.15) is 15.9 Å². The summed E-state index contributed by atoms with van der Waals surface area (Å²) in [6.07, 6.45) is 0. The minimum absolute atomic E-state index is 0.0520. The van der Waals surface area contributed by atoms with E-state index in [9.17, 15) is 23.9 Å². The van der Waals surface area contributed by atoms with E-state index in [1.54, 1.807) is 31.2 Å². The Bertz CT molecular complexity index is 1150. The van der Waals surface area contributed by atoms with Crippen LogP contribution in [-0.4, -0.2) is 22.9 Å². The zero-order chi connectivity index (χ0) is 21.8. The summed E-state index contributed by atoms with van der Waals surface area (Å²) in [5.74, 6) is -3.66. The van der Waals surface area contributed by atoms with E-state index in [0.29, 0.717) is 11.3 Å². The van der Waals surface area contributed by atoms with Crippen LogP contribution < -0.4 is 10.6 Å². The number of carboxylic acid groups (broad SMARTS) is 1. The van der Waals surface area contributed by atoms with Crippen LogP contribution >= 0.6 is 11.6 Å². The number of anilines is 2. The Kier molecular flexibility index (Phi) is 6.13. The second kappa shape index (κ2) is 8.75. The highest BCUT2D eigenvalue weighted by Gasteiger charge is 2.19. The van der Waals surface area contributed by atoms with Crippen molar-refractivity contribution in [1.29, 1.82) is 0 Å². The Hall–Kier alpha value is -3.71.